The minimum absolute atomic E-state index is 0.132. The Balaban J connectivity index is 1.84. The molecule has 1 unspecified atom stereocenters. The zero-order valence-electron chi connectivity index (χ0n) is 13.6. The zero-order valence-corrected chi connectivity index (χ0v) is 13.6. The van der Waals surface area contributed by atoms with E-state index in [-0.39, 0.29) is 6.10 Å². The highest BCUT2D eigenvalue weighted by atomic mass is 16.5. The predicted molar refractivity (Wildman–Crippen MR) is 88.6 cm³/mol. The number of rotatable bonds is 9. The van der Waals surface area contributed by atoms with Crippen LogP contribution in [0.4, 0.5) is 0 Å². The number of aryl methyl sites for hydroxylation is 1. The molecule has 0 radical (unpaired) electrons. The normalized spacial score (nSPS) is 17.5. The van der Waals surface area contributed by atoms with Gasteiger partial charge >= 0.3 is 0 Å². The van der Waals surface area contributed by atoms with Crippen molar-refractivity contribution in [3.8, 4) is 0 Å². The lowest BCUT2D eigenvalue weighted by Crippen LogP contribution is -2.15. The van der Waals surface area contributed by atoms with Gasteiger partial charge in [-0.05, 0) is 24.8 Å². The summed E-state index contributed by atoms with van der Waals surface area (Å²) in [5, 5.41) is 0. The molecule has 4 nitrogen and oxygen atoms in total. The van der Waals surface area contributed by atoms with E-state index in [2.05, 4.69) is 29.0 Å². The topological polar surface area (TPSA) is 44.2 Å². The highest BCUT2D eigenvalue weighted by molar-refractivity contribution is 5.70. The Kier molecular flexibility index (Phi) is 7.26. The van der Waals surface area contributed by atoms with Gasteiger partial charge < -0.3 is 9.47 Å². The van der Waals surface area contributed by atoms with Gasteiger partial charge in [-0.25, -0.2) is 9.97 Å². The average Bonchev–Trinajstić information content (AvgIpc) is 2.57. The summed E-state index contributed by atoms with van der Waals surface area (Å²) >= 11 is 0. The maximum atomic E-state index is 5.68. The van der Waals surface area contributed by atoms with E-state index in [4.69, 9.17) is 9.47 Å². The van der Waals surface area contributed by atoms with Crippen molar-refractivity contribution in [1.82, 2.24) is 9.97 Å². The standard InChI is InChI=1S/C18H26N2O2/c1-3-4-5-6-15-13-19-18(20-14-15)16-7-9-17(10-8-16)22-12-11-21-2/h7-9,13-14,17H,3-6,10-12H2,1-2H3. The van der Waals surface area contributed by atoms with E-state index >= 15 is 0 Å². The first-order valence-electron chi connectivity index (χ1n) is 8.13. The first-order valence-corrected chi connectivity index (χ1v) is 8.13. The van der Waals surface area contributed by atoms with Crippen molar-refractivity contribution in [2.45, 2.75) is 45.1 Å². The van der Waals surface area contributed by atoms with Crippen molar-refractivity contribution in [2.75, 3.05) is 20.3 Å². The number of ether oxygens (including phenoxy) is 2. The molecule has 1 heterocycles. The summed E-state index contributed by atoms with van der Waals surface area (Å²) in [5.41, 5.74) is 2.30. The van der Waals surface area contributed by atoms with Crippen molar-refractivity contribution in [3.05, 3.63) is 42.0 Å². The minimum Gasteiger partial charge on any atom is -0.382 e. The molecule has 1 aromatic rings. The monoisotopic (exact) mass is 302 g/mol. The second-order valence-corrected chi connectivity index (χ2v) is 5.53. The maximum Gasteiger partial charge on any atom is 0.158 e. The fourth-order valence-electron chi connectivity index (χ4n) is 2.39. The molecule has 22 heavy (non-hydrogen) atoms. The molecule has 1 atom stereocenters. The van der Waals surface area contributed by atoms with Gasteiger partial charge in [-0.1, -0.05) is 38.0 Å². The summed E-state index contributed by atoms with van der Waals surface area (Å²) in [5.74, 6) is 0.797. The highest BCUT2D eigenvalue weighted by Gasteiger charge is 2.11. The van der Waals surface area contributed by atoms with Gasteiger partial charge in [0.2, 0.25) is 0 Å². The van der Waals surface area contributed by atoms with E-state index < -0.39 is 0 Å². The lowest BCUT2D eigenvalue weighted by Gasteiger charge is -2.16. The third-order valence-corrected chi connectivity index (χ3v) is 3.71. The molecule has 2 rings (SSSR count). The molecule has 1 aromatic heterocycles. The molecule has 0 amide bonds. The molecular weight excluding hydrogens is 276 g/mol. The van der Waals surface area contributed by atoms with Gasteiger partial charge in [0.1, 0.15) is 0 Å². The van der Waals surface area contributed by atoms with Crippen LogP contribution in [-0.4, -0.2) is 36.4 Å². The summed E-state index contributed by atoms with van der Waals surface area (Å²) in [6, 6.07) is 0. The lowest BCUT2D eigenvalue weighted by molar-refractivity contribution is 0.0406. The molecule has 0 aliphatic heterocycles. The number of hydrogen-bond acceptors (Lipinski definition) is 4. The first-order chi connectivity index (χ1) is 10.8. The van der Waals surface area contributed by atoms with Crippen LogP contribution in [0, 0.1) is 0 Å². The minimum atomic E-state index is 0.132. The summed E-state index contributed by atoms with van der Waals surface area (Å²) in [6.45, 7) is 3.47. The maximum absolute atomic E-state index is 5.68. The van der Waals surface area contributed by atoms with E-state index in [9.17, 15) is 0 Å². The van der Waals surface area contributed by atoms with Crippen LogP contribution in [0.5, 0.6) is 0 Å². The van der Waals surface area contributed by atoms with Crippen molar-refractivity contribution in [2.24, 2.45) is 0 Å². The molecule has 0 bridgehead atoms. The van der Waals surface area contributed by atoms with Gasteiger partial charge in [0.15, 0.2) is 5.82 Å². The van der Waals surface area contributed by atoms with Crippen molar-refractivity contribution in [1.29, 1.82) is 0 Å². The predicted octanol–water partition coefficient (Wildman–Crippen LogP) is 3.58. The van der Waals surface area contributed by atoms with Crippen LogP contribution in [0.1, 0.15) is 44.0 Å². The molecule has 0 spiro atoms. The van der Waals surface area contributed by atoms with Gasteiger partial charge in [-0.2, -0.15) is 0 Å². The Bertz CT molecular complexity index is 494. The molecule has 0 N–H and O–H groups in total. The summed E-state index contributed by atoms with van der Waals surface area (Å²) in [4.78, 5) is 8.98. The van der Waals surface area contributed by atoms with Gasteiger partial charge in [0, 0.05) is 25.1 Å². The Morgan fingerprint density at radius 1 is 1.18 bits per heavy atom. The second-order valence-electron chi connectivity index (χ2n) is 5.53. The summed E-state index contributed by atoms with van der Waals surface area (Å²) < 4.78 is 10.7. The number of unbranched alkanes of at least 4 members (excludes halogenated alkanes) is 2. The van der Waals surface area contributed by atoms with E-state index in [1.807, 2.05) is 18.5 Å². The fraction of sp³-hybridized carbons (Fsp3) is 0.556. The third-order valence-electron chi connectivity index (χ3n) is 3.71. The van der Waals surface area contributed by atoms with Crippen LogP contribution >= 0.6 is 0 Å². The molecule has 0 saturated carbocycles. The first kappa shape index (κ1) is 16.8. The molecule has 120 valence electrons. The van der Waals surface area contributed by atoms with E-state index in [1.165, 1.54) is 24.8 Å². The van der Waals surface area contributed by atoms with Gasteiger partial charge in [-0.15, -0.1) is 0 Å². The average molecular weight is 302 g/mol. The highest BCUT2D eigenvalue weighted by Crippen LogP contribution is 2.20. The van der Waals surface area contributed by atoms with Crippen LogP contribution in [0.3, 0.4) is 0 Å². The Morgan fingerprint density at radius 2 is 2.00 bits per heavy atom. The molecule has 1 aliphatic rings. The van der Waals surface area contributed by atoms with Gasteiger partial charge in [0.05, 0.1) is 19.3 Å². The SMILES string of the molecule is CCCCCc1cnc(C2=CCC(OCCOC)C=C2)nc1. The van der Waals surface area contributed by atoms with Gasteiger partial charge in [0.25, 0.3) is 0 Å². The summed E-state index contributed by atoms with van der Waals surface area (Å²) in [6.07, 6.45) is 15.9. The van der Waals surface area contributed by atoms with Crippen molar-refractivity contribution >= 4 is 5.57 Å². The fourth-order valence-corrected chi connectivity index (χ4v) is 2.39. The molecule has 0 aromatic carbocycles. The number of aromatic nitrogens is 2. The van der Waals surface area contributed by atoms with Crippen LogP contribution in [-0.2, 0) is 15.9 Å². The van der Waals surface area contributed by atoms with E-state index in [1.54, 1.807) is 7.11 Å². The smallest absolute Gasteiger partial charge is 0.158 e. The van der Waals surface area contributed by atoms with Crippen LogP contribution < -0.4 is 0 Å². The quantitative estimate of drug-likeness (QED) is 0.654. The Morgan fingerprint density at radius 3 is 2.64 bits per heavy atom. The second kappa shape index (κ2) is 9.49. The number of methoxy groups -OCH3 is 1. The number of allylic oxidation sites excluding steroid dienone is 2. The Hall–Kier alpha value is -1.52. The molecule has 0 fully saturated rings. The Labute approximate surface area is 133 Å². The zero-order chi connectivity index (χ0) is 15.6. The van der Waals surface area contributed by atoms with Crippen LogP contribution in [0.2, 0.25) is 0 Å². The lowest BCUT2D eigenvalue weighted by atomic mass is 10.0. The number of nitrogens with zero attached hydrogens (tertiary/aromatic N) is 2. The third kappa shape index (κ3) is 5.35. The molecule has 1 aliphatic carbocycles. The largest absolute Gasteiger partial charge is 0.382 e. The molecule has 0 saturated heterocycles. The summed E-state index contributed by atoms with van der Waals surface area (Å²) in [7, 11) is 1.68. The van der Waals surface area contributed by atoms with Crippen LogP contribution in [0.15, 0.2) is 30.6 Å². The van der Waals surface area contributed by atoms with E-state index in [0.29, 0.717) is 13.2 Å². The van der Waals surface area contributed by atoms with E-state index in [0.717, 1.165) is 24.2 Å². The number of hydrogen-bond donors (Lipinski definition) is 0. The van der Waals surface area contributed by atoms with Crippen molar-refractivity contribution in [3.63, 3.8) is 0 Å². The molecular formula is C18H26N2O2. The van der Waals surface area contributed by atoms with Gasteiger partial charge in [-0.3, -0.25) is 0 Å². The van der Waals surface area contributed by atoms with Crippen molar-refractivity contribution < 1.29 is 9.47 Å². The molecule has 4 heteroatoms. The van der Waals surface area contributed by atoms with Crippen LogP contribution in [0.25, 0.3) is 5.57 Å².